The fourth-order valence-electron chi connectivity index (χ4n) is 2.48. The molecule has 0 saturated carbocycles. The Labute approximate surface area is 143 Å². The summed E-state index contributed by atoms with van der Waals surface area (Å²) in [5.41, 5.74) is 3.29. The van der Waals surface area contributed by atoms with Gasteiger partial charge in [0.05, 0.1) is 26.2 Å². The molecule has 0 spiro atoms. The van der Waals surface area contributed by atoms with Gasteiger partial charge in [-0.3, -0.25) is 4.79 Å². The van der Waals surface area contributed by atoms with Crippen molar-refractivity contribution in [2.75, 3.05) is 13.7 Å². The van der Waals surface area contributed by atoms with E-state index in [1.807, 2.05) is 63.2 Å². The molecule has 2 aromatic carbocycles. The van der Waals surface area contributed by atoms with Crippen molar-refractivity contribution in [3.8, 4) is 11.5 Å². The smallest absolute Gasteiger partial charge is 0.223 e. The summed E-state index contributed by atoms with van der Waals surface area (Å²) >= 11 is 0. The highest BCUT2D eigenvalue weighted by Crippen LogP contribution is 2.26. The Morgan fingerprint density at radius 3 is 2.42 bits per heavy atom. The third kappa shape index (κ3) is 5.01. The predicted molar refractivity (Wildman–Crippen MR) is 95.6 cm³/mol. The first kappa shape index (κ1) is 17.9. The zero-order valence-corrected chi connectivity index (χ0v) is 14.8. The number of benzene rings is 2. The van der Waals surface area contributed by atoms with E-state index in [1.165, 1.54) is 5.56 Å². The summed E-state index contributed by atoms with van der Waals surface area (Å²) in [6.07, 6.45) is 0.312. The Balaban J connectivity index is 1.85. The second kappa shape index (κ2) is 8.39. The molecule has 0 radical (unpaired) electrons. The van der Waals surface area contributed by atoms with E-state index < -0.39 is 0 Å². The quantitative estimate of drug-likeness (QED) is 0.837. The number of rotatable bonds is 7. The van der Waals surface area contributed by atoms with Gasteiger partial charge in [0.1, 0.15) is 11.5 Å². The van der Waals surface area contributed by atoms with Crippen molar-refractivity contribution in [1.82, 2.24) is 5.32 Å². The number of ether oxygens (including phenoxy) is 2. The maximum Gasteiger partial charge on any atom is 0.223 e. The maximum atomic E-state index is 12.1. The topological polar surface area (TPSA) is 47.6 Å². The van der Waals surface area contributed by atoms with Gasteiger partial charge in [-0.2, -0.15) is 0 Å². The van der Waals surface area contributed by atoms with E-state index in [-0.39, 0.29) is 11.9 Å². The van der Waals surface area contributed by atoms with Crippen molar-refractivity contribution in [2.45, 2.75) is 33.2 Å². The zero-order valence-electron chi connectivity index (χ0n) is 14.8. The van der Waals surface area contributed by atoms with Crippen LogP contribution in [-0.4, -0.2) is 19.6 Å². The van der Waals surface area contributed by atoms with Crippen molar-refractivity contribution >= 4 is 5.91 Å². The van der Waals surface area contributed by atoms with Gasteiger partial charge in [-0.05, 0) is 39.0 Å². The van der Waals surface area contributed by atoms with Crippen molar-refractivity contribution < 1.29 is 14.3 Å². The van der Waals surface area contributed by atoms with Gasteiger partial charge in [-0.25, -0.2) is 0 Å². The molecule has 128 valence electrons. The van der Waals surface area contributed by atoms with E-state index in [1.54, 1.807) is 7.11 Å². The number of carbonyl (C=O) groups excluding carboxylic acids is 1. The minimum atomic E-state index is -0.119. The Morgan fingerprint density at radius 1 is 1.08 bits per heavy atom. The Bertz CT molecular complexity index is 680. The summed E-state index contributed by atoms with van der Waals surface area (Å²) in [5.74, 6) is 1.52. The molecule has 4 heteroatoms. The SMILES string of the molecule is COc1ccc(C)cc1[C@H](C)NC(=O)CCOc1ccc(C)cc1. The largest absolute Gasteiger partial charge is 0.496 e. The lowest BCUT2D eigenvalue weighted by atomic mass is 10.0. The summed E-state index contributed by atoms with van der Waals surface area (Å²) in [6, 6.07) is 13.6. The van der Waals surface area contributed by atoms with Crippen molar-refractivity contribution in [3.05, 3.63) is 59.2 Å². The fourth-order valence-corrected chi connectivity index (χ4v) is 2.48. The van der Waals surface area contributed by atoms with E-state index >= 15 is 0 Å². The van der Waals surface area contributed by atoms with Crippen molar-refractivity contribution in [3.63, 3.8) is 0 Å². The summed E-state index contributed by atoms with van der Waals surface area (Å²) in [7, 11) is 1.64. The molecule has 0 unspecified atom stereocenters. The molecule has 1 amide bonds. The van der Waals surface area contributed by atoms with Crippen LogP contribution in [0.4, 0.5) is 0 Å². The molecule has 0 aliphatic rings. The number of methoxy groups -OCH3 is 1. The molecule has 24 heavy (non-hydrogen) atoms. The van der Waals surface area contributed by atoms with Gasteiger partial charge in [-0.15, -0.1) is 0 Å². The average Bonchev–Trinajstić information content (AvgIpc) is 2.56. The Morgan fingerprint density at radius 2 is 1.75 bits per heavy atom. The van der Waals surface area contributed by atoms with Crippen molar-refractivity contribution in [2.24, 2.45) is 0 Å². The predicted octanol–water partition coefficient (Wildman–Crippen LogP) is 3.96. The highest BCUT2D eigenvalue weighted by molar-refractivity contribution is 5.76. The van der Waals surface area contributed by atoms with Gasteiger partial charge in [0.25, 0.3) is 0 Å². The number of aryl methyl sites for hydroxylation is 2. The third-order valence-electron chi connectivity index (χ3n) is 3.85. The minimum Gasteiger partial charge on any atom is -0.496 e. The summed E-state index contributed by atoms with van der Waals surface area (Å²) in [4.78, 5) is 12.1. The van der Waals surface area contributed by atoms with E-state index in [9.17, 15) is 4.79 Å². The standard InChI is InChI=1S/C20H25NO3/c1-14-5-8-17(9-6-14)24-12-11-20(22)21-16(3)18-13-15(2)7-10-19(18)23-4/h5-10,13,16H,11-12H2,1-4H3,(H,21,22)/t16-/m0/s1. The highest BCUT2D eigenvalue weighted by Gasteiger charge is 2.14. The van der Waals surface area contributed by atoms with Gasteiger partial charge in [0, 0.05) is 5.56 Å². The molecular formula is C20H25NO3. The second-order valence-electron chi connectivity index (χ2n) is 5.95. The van der Waals surface area contributed by atoms with Crippen LogP contribution in [0.15, 0.2) is 42.5 Å². The number of hydrogen-bond acceptors (Lipinski definition) is 3. The summed E-state index contributed by atoms with van der Waals surface area (Å²) in [5, 5.41) is 2.99. The van der Waals surface area contributed by atoms with Crippen molar-refractivity contribution in [1.29, 1.82) is 0 Å². The number of carbonyl (C=O) groups is 1. The van der Waals surface area contributed by atoms with E-state index in [4.69, 9.17) is 9.47 Å². The van der Waals surface area contributed by atoms with Gasteiger partial charge >= 0.3 is 0 Å². The van der Waals surface area contributed by atoms with Crippen LogP contribution >= 0.6 is 0 Å². The first-order chi connectivity index (χ1) is 11.5. The fraction of sp³-hybridized carbons (Fsp3) is 0.350. The molecule has 4 nitrogen and oxygen atoms in total. The highest BCUT2D eigenvalue weighted by atomic mass is 16.5. The summed E-state index contributed by atoms with van der Waals surface area (Å²) < 4.78 is 11.0. The molecule has 2 rings (SSSR count). The number of amides is 1. The molecule has 2 aromatic rings. The molecule has 0 saturated heterocycles. The molecule has 0 aliphatic carbocycles. The second-order valence-corrected chi connectivity index (χ2v) is 5.95. The molecule has 0 fully saturated rings. The lowest BCUT2D eigenvalue weighted by Crippen LogP contribution is -2.28. The monoisotopic (exact) mass is 327 g/mol. The van der Waals surface area contributed by atoms with Crippen LogP contribution in [0.5, 0.6) is 11.5 Å². The molecule has 0 bridgehead atoms. The van der Waals surface area contributed by atoms with Crippen LogP contribution in [0, 0.1) is 13.8 Å². The van der Waals surface area contributed by atoms with Gasteiger partial charge in [0.2, 0.25) is 5.91 Å². The third-order valence-corrected chi connectivity index (χ3v) is 3.85. The Hall–Kier alpha value is -2.49. The summed E-state index contributed by atoms with van der Waals surface area (Å²) in [6.45, 7) is 6.35. The van der Waals surface area contributed by atoms with Gasteiger partial charge in [-0.1, -0.05) is 35.4 Å². The van der Waals surface area contributed by atoms with Crippen LogP contribution in [0.3, 0.4) is 0 Å². The Kier molecular flexibility index (Phi) is 6.24. The molecule has 0 aromatic heterocycles. The van der Waals surface area contributed by atoms with Crippen LogP contribution in [0.2, 0.25) is 0 Å². The zero-order chi connectivity index (χ0) is 17.5. The van der Waals surface area contributed by atoms with Crippen LogP contribution in [0.25, 0.3) is 0 Å². The van der Waals surface area contributed by atoms with E-state index in [0.29, 0.717) is 13.0 Å². The maximum absolute atomic E-state index is 12.1. The molecule has 1 N–H and O–H groups in total. The number of nitrogens with one attached hydrogen (secondary N) is 1. The van der Waals surface area contributed by atoms with Gasteiger partial charge in [0.15, 0.2) is 0 Å². The van der Waals surface area contributed by atoms with E-state index in [0.717, 1.165) is 22.6 Å². The van der Waals surface area contributed by atoms with Crippen LogP contribution < -0.4 is 14.8 Å². The lowest BCUT2D eigenvalue weighted by molar-refractivity contribution is -0.122. The molecular weight excluding hydrogens is 302 g/mol. The normalized spacial score (nSPS) is 11.7. The lowest BCUT2D eigenvalue weighted by Gasteiger charge is -2.18. The van der Waals surface area contributed by atoms with Crippen LogP contribution in [0.1, 0.15) is 36.1 Å². The first-order valence-electron chi connectivity index (χ1n) is 8.13. The molecule has 1 atom stereocenters. The average molecular weight is 327 g/mol. The molecule has 0 heterocycles. The van der Waals surface area contributed by atoms with E-state index in [2.05, 4.69) is 5.32 Å². The first-order valence-corrected chi connectivity index (χ1v) is 8.13. The minimum absolute atomic E-state index is 0.0434. The van der Waals surface area contributed by atoms with Gasteiger partial charge < -0.3 is 14.8 Å². The molecule has 0 aliphatic heterocycles. The number of hydrogen-bond donors (Lipinski definition) is 1. The van der Waals surface area contributed by atoms with Crippen LogP contribution in [-0.2, 0) is 4.79 Å².